The van der Waals surface area contributed by atoms with Crippen molar-refractivity contribution in [2.75, 3.05) is 24.6 Å². The van der Waals surface area contributed by atoms with Crippen molar-refractivity contribution in [3.8, 4) is 5.69 Å². The van der Waals surface area contributed by atoms with E-state index in [2.05, 4.69) is 33.2 Å². The number of hydrogen-bond donors (Lipinski definition) is 2. The second kappa shape index (κ2) is 6.43. The highest BCUT2D eigenvalue weighted by molar-refractivity contribution is 5.45. The topological polar surface area (TPSA) is 86.0 Å². The third-order valence-corrected chi connectivity index (χ3v) is 5.48. The van der Waals surface area contributed by atoms with Gasteiger partial charge in [-0.25, -0.2) is 0 Å². The number of rotatable bonds is 2. The van der Waals surface area contributed by atoms with Gasteiger partial charge in [0.05, 0.1) is 5.69 Å². The molecule has 2 aromatic rings. The molecule has 128 valence electrons. The van der Waals surface area contributed by atoms with Gasteiger partial charge in [-0.1, -0.05) is 18.9 Å². The van der Waals surface area contributed by atoms with E-state index in [1.54, 1.807) is 4.68 Å². The predicted molar refractivity (Wildman–Crippen MR) is 96.0 cm³/mol. The molecule has 1 aromatic carbocycles. The number of benzene rings is 1. The lowest BCUT2D eigenvalue weighted by Gasteiger charge is -2.31. The molecule has 0 atom stereocenters. The van der Waals surface area contributed by atoms with Crippen LogP contribution in [-0.2, 0) is 12.8 Å². The molecule has 1 aromatic heterocycles. The van der Waals surface area contributed by atoms with Gasteiger partial charge in [0.25, 0.3) is 0 Å². The van der Waals surface area contributed by atoms with Gasteiger partial charge in [-0.3, -0.25) is 0 Å². The summed E-state index contributed by atoms with van der Waals surface area (Å²) in [6, 6.07) is 7.32. The summed E-state index contributed by atoms with van der Waals surface area (Å²) in [6.07, 6.45) is 9.03. The van der Waals surface area contributed by atoms with Crippen molar-refractivity contribution in [3.05, 3.63) is 29.3 Å². The highest BCUT2D eigenvalue weighted by atomic mass is 15.4. The third-order valence-electron chi connectivity index (χ3n) is 5.48. The van der Waals surface area contributed by atoms with Gasteiger partial charge in [0.1, 0.15) is 0 Å². The Kier molecular flexibility index (Phi) is 4.14. The zero-order chi connectivity index (χ0) is 16.5. The van der Waals surface area contributed by atoms with Gasteiger partial charge in [-0.2, -0.15) is 9.67 Å². The van der Waals surface area contributed by atoms with Gasteiger partial charge < -0.3 is 16.4 Å². The molecule has 0 radical (unpaired) electrons. The SMILES string of the molecule is Nc1nc(N)n(-c2ccc3c(c2)CCCN(C2CCCC2)CC3)n1. The van der Waals surface area contributed by atoms with Crippen LogP contribution in [0, 0.1) is 0 Å². The van der Waals surface area contributed by atoms with Crippen LogP contribution in [0.4, 0.5) is 11.9 Å². The van der Waals surface area contributed by atoms with Crippen molar-refractivity contribution in [2.24, 2.45) is 0 Å². The molecule has 4 N–H and O–H groups in total. The van der Waals surface area contributed by atoms with Crippen LogP contribution in [0.25, 0.3) is 5.69 Å². The van der Waals surface area contributed by atoms with Crippen LogP contribution in [0.5, 0.6) is 0 Å². The van der Waals surface area contributed by atoms with Crippen LogP contribution in [0.1, 0.15) is 43.2 Å². The number of anilines is 2. The van der Waals surface area contributed by atoms with E-state index in [9.17, 15) is 0 Å². The van der Waals surface area contributed by atoms with E-state index in [1.807, 2.05) is 0 Å². The van der Waals surface area contributed by atoms with Crippen molar-refractivity contribution in [1.82, 2.24) is 19.7 Å². The first kappa shape index (κ1) is 15.4. The lowest BCUT2D eigenvalue weighted by molar-refractivity contribution is 0.195. The van der Waals surface area contributed by atoms with Crippen LogP contribution >= 0.6 is 0 Å². The maximum absolute atomic E-state index is 5.90. The van der Waals surface area contributed by atoms with Crippen molar-refractivity contribution in [3.63, 3.8) is 0 Å². The Hall–Kier alpha value is -2.08. The number of nitrogens with zero attached hydrogens (tertiary/aromatic N) is 4. The minimum atomic E-state index is 0.214. The van der Waals surface area contributed by atoms with Crippen LogP contribution in [0.2, 0.25) is 0 Å². The van der Waals surface area contributed by atoms with Crippen molar-refractivity contribution < 1.29 is 0 Å². The fraction of sp³-hybridized carbons (Fsp3) is 0.556. The van der Waals surface area contributed by atoms with Crippen LogP contribution < -0.4 is 11.5 Å². The Balaban J connectivity index is 1.55. The quantitative estimate of drug-likeness (QED) is 0.883. The Morgan fingerprint density at radius 3 is 2.54 bits per heavy atom. The summed E-state index contributed by atoms with van der Waals surface area (Å²) >= 11 is 0. The van der Waals surface area contributed by atoms with Gasteiger partial charge in [-0.15, -0.1) is 5.10 Å². The number of nitrogens with two attached hydrogens (primary N) is 2. The molecule has 24 heavy (non-hydrogen) atoms. The molecule has 0 spiro atoms. The number of fused-ring (bicyclic) bond motifs is 1. The molecule has 0 saturated heterocycles. The van der Waals surface area contributed by atoms with E-state index < -0.39 is 0 Å². The Bertz CT molecular complexity index is 716. The lowest BCUT2D eigenvalue weighted by Crippen LogP contribution is -2.37. The maximum Gasteiger partial charge on any atom is 0.241 e. The highest BCUT2D eigenvalue weighted by Gasteiger charge is 2.23. The van der Waals surface area contributed by atoms with Crippen LogP contribution in [-0.4, -0.2) is 38.8 Å². The van der Waals surface area contributed by atoms with Crippen LogP contribution in [0.3, 0.4) is 0 Å². The molecule has 2 heterocycles. The first-order valence-corrected chi connectivity index (χ1v) is 9.05. The molecule has 4 rings (SSSR count). The molecular weight excluding hydrogens is 300 g/mol. The van der Waals surface area contributed by atoms with Crippen molar-refractivity contribution >= 4 is 11.9 Å². The summed E-state index contributed by atoms with van der Waals surface area (Å²) in [5.41, 5.74) is 15.4. The highest BCUT2D eigenvalue weighted by Crippen LogP contribution is 2.27. The van der Waals surface area contributed by atoms with E-state index in [1.165, 1.54) is 56.3 Å². The third kappa shape index (κ3) is 2.98. The molecule has 6 heteroatoms. The fourth-order valence-corrected chi connectivity index (χ4v) is 4.23. The molecule has 2 aliphatic rings. The minimum absolute atomic E-state index is 0.214. The van der Waals surface area contributed by atoms with Gasteiger partial charge >= 0.3 is 0 Å². The van der Waals surface area contributed by atoms with Gasteiger partial charge in [0, 0.05) is 12.6 Å². The Morgan fingerprint density at radius 2 is 1.79 bits per heavy atom. The zero-order valence-corrected chi connectivity index (χ0v) is 14.1. The zero-order valence-electron chi connectivity index (χ0n) is 14.1. The average molecular weight is 326 g/mol. The number of aromatic nitrogens is 3. The molecule has 1 aliphatic carbocycles. The van der Waals surface area contributed by atoms with E-state index in [4.69, 9.17) is 11.5 Å². The largest absolute Gasteiger partial charge is 0.368 e. The molecule has 1 saturated carbocycles. The lowest BCUT2D eigenvalue weighted by atomic mass is 9.96. The summed E-state index contributed by atoms with van der Waals surface area (Å²) in [4.78, 5) is 6.71. The molecule has 0 bridgehead atoms. The predicted octanol–water partition coefficient (Wildman–Crippen LogP) is 2.16. The Morgan fingerprint density at radius 1 is 0.958 bits per heavy atom. The van der Waals surface area contributed by atoms with Crippen molar-refractivity contribution in [2.45, 2.75) is 51.0 Å². The summed E-state index contributed by atoms with van der Waals surface area (Å²) < 4.78 is 1.62. The van der Waals surface area contributed by atoms with Crippen LogP contribution in [0.15, 0.2) is 18.2 Å². The minimum Gasteiger partial charge on any atom is -0.368 e. The average Bonchev–Trinajstić information content (AvgIpc) is 3.18. The fourth-order valence-electron chi connectivity index (χ4n) is 4.23. The Labute approximate surface area is 142 Å². The molecular formula is C18H26N6. The normalized spacial score (nSPS) is 19.8. The van der Waals surface area contributed by atoms with Gasteiger partial charge in [0.15, 0.2) is 0 Å². The first-order valence-electron chi connectivity index (χ1n) is 9.05. The number of nitrogen functional groups attached to an aromatic ring is 2. The first-order chi connectivity index (χ1) is 11.7. The van der Waals surface area contributed by atoms with E-state index in [0.717, 1.165) is 24.6 Å². The molecule has 0 amide bonds. The van der Waals surface area contributed by atoms with Gasteiger partial charge in [-0.05, 0) is 61.9 Å². The molecule has 1 fully saturated rings. The molecule has 1 aliphatic heterocycles. The smallest absolute Gasteiger partial charge is 0.241 e. The van der Waals surface area contributed by atoms with E-state index in [0.29, 0.717) is 5.95 Å². The summed E-state index contributed by atoms with van der Waals surface area (Å²) in [5.74, 6) is 0.553. The standard InChI is InChI=1S/C18H26N6/c19-17-21-18(20)24(22-17)16-8-7-13-9-11-23(15-5-1-2-6-15)10-3-4-14(13)12-16/h7-8,12,15H,1-6,9-11H2,(H4,19,20,21,22). The van der Waals surface area contributed by atoms with Crippen molar-refractivity contribution in [1.29, 1.82) is 0 Å². The van der Waals surface area contributed by atoms with E-state index >= 15 is 0 Å². The summed E-state index contributed by atoms with van der Waals surface area (Å²) in [5, 5.41) is 4.19. The second-order valence-corrected chi connectivity index (χ2v) is 7.02. The van der Waals surface area contributed by atoms with Gasteiger partial charge in [0.2, 0.25) is 11.9 Å². The maximum atomic E-state index is 5.90. The monoisotopic (exact) mass is 326 g/mol. The second-order valence-electron chi connectivity index (χ2n) is 7.02. The number of aryl methyl sites for hydroxylation is 1. The number of hydrogen-bond acceptors (Lipinski definition) is 5. The molecule has 0 unspecified atom stereocenters. The summed E-state index contributed by atoms with van der Waals surface area (Å²) in [7, 11) is 0. The van der Waals surface area contributed by atoms with E-state index in [-0.39, 0.29) is 5.95 Å². The summed E-state index contributed by atoms with van der Waals surface area (Å²) in [6.45, 7) is 2.39. The molecule has 6 nitrogen and oxygen atoms in total.